The zero-order chi connectivity index (χ0) is 31.2. The van der Waals surface area contributed by atoms with Gasteiger partial charge in [0.15, 0.2) is 0 Å². The minimum atomic E-state index is -4.35. The standard InChI is InChI=1S/C35H65NO5S/c1-3-5-7-9-11-13-15-16-17-18-19-20-21-22-24-26-28-30-34(37)33(32-42(39,40)41)36-35(38)31-29-27-25-23-14-12-10-8-6-4-2/h8,10,21-22,28,30,33-34,37H,3-7,9,11-20,23-27,29,31-32H2,1-2H3,(H,36,38)(H,39,40,41)/b10-8-,22-21+,30-28+. The molecule has 42 heavy (non-hydrogen) atoms. The van der Waals surface area contributed by atoms with Gasteiger partial charge in [0.1, 0.15) is 0 Å². The molecule has 0 saturated carbocycles. The Bertz CT molecular complexity index is 806. The first-order valence-corrected chi connectivity index (χ1v) is 18.8. The predicted octanol–water partition coefficient (Wildman–Crippen LogP) is 9.40. The van der Waals surface area contributed by atoms with E-state index < -0.39 is 28.0 Å². The molecule has 1 amide bonds. The van der Waals surface area contributed by atoms with Gasteiger partial charge in [-0.25, -0.2) is 0 Å². The molecule has 6 nitrogen and oxygen atoms in total. The van der Waals surface area contributed by atoms with Crippen molar-refractivity contribution >= 4 is 16.0 Å². The number of rotatable bonds is 30. The Kier molecular flexibility index (Phi) is 28.6. The lowest BCUT2D eigenvalue weighted by Crippen LogP contribution is -2.46. The Balaban J connectivity index is 4.07. The number of hydrogen-bond acceptors (Lipinski definition) is 4. The van der Waals surface area contributed by atoms with E-state index in [9.17, 15) is 22.9 Å². The highest BCUT2D eigenvalue weighted by atomic mass is 32.2. The topological polar surface area (TPSA) is 104 Å². The zero-order valence-corrected chi connectivity index (χ0v) is 27.9. The fourth-order valence-electron chi connectivity index (χ4n) is 4.94. The number of nitrogens with one attached hydrogen (secondary N) is 1. The van der Waals surface area contributed by atoms with Gasteiger partial charge in [0.25, 0.3) is 10.1 Å². The average molecular weight is 612 g/mol. The predicted molar refractivity (Wildman–Crippen MR) is 179 cm³/mol. The summed E-state index contributed by atoms with van der Waals surface area (Å²) < 4.78 is 32.2. The number of carbonyl (C=O) groups excluding carboxylic acids is 1. The van der Waals surface area contributed by atoms with E-state index >= 15 is 0 Å². The lowest BCUT2D eigenvalue weighted by molar-refractivity contribution is -0.122. The molecule has 0 aromatic rings. The Morgan fingerprint density at radius 2 is 1.07 bits per heavy atom. The molecule has 0 aromatic carbocycles. The summed E-state index contributed by atoms with van der Waals surface area (Å²) in [6.45, 7) is 4.43. The number of unbranched alkanes of at least 4 members (excludes halogenated alkanes) is 18. The minimum Gasteiger partial charge on any atom is -0.387 e. The molecule has 0 spiro atoms. The monoisotopic (exact) mass is 611 g/mol. The van der Waals surface area contributed by atoms with E-state index in [0.717, 1.165) is 51.4 Å². The Hall–Kier alpha value is -1.44. The van der Waals surface area contributed by atoms with Crippen LogP contribution in [0.4, 0.5) is 0 Å². The van der Waals surface area contributed by atoms with Crippen LogP contribution in [0.25, 0.3) is 0 Å². The molecule has 7 heteroatoms. The summed E-state index contributed by atoms with van der Waals surface area (Å²) in [5, 5.41) is 13.1. The first kappa shape index (κ1) is 40.6. The molecule has 0 rings (SSSR count). The van der Waals surface area contributed by atoms with Crippen molar-refractivity contribution < 1.29 is 22.9 Å². The SMILES string of the molecule is CCC/C=C\CCCCCCCC(=O)NC(CS(=O)(=O)O)C(O)/C=C/CC/C=C/CCCCCCCCCCCCC. The summed E-state index contributed by atoms with van der Waals surface area (Å²) in [4.78, 5) is 12.4. The molecule has 2 atom stereocenters. The normalized spacial score (nSPS) is 13.9. The Labute approximate surface area is 259 Å². The van der Waals surface area contributed by atoms with Crippen LogP contribution in [-0.4, -0.2) is 41.9 Å². The van der Waals surface area contributed by atoms with Crippen LogP contribution in [0, 0.1) is 0 Å². The molecule has 0 fully saturated rings. The summed E-state index contributed by atoms with van der Waals surface area (Å²) in [5.74, 6) is -1.02. The fraction of sp³-hybridized carbons (Fsp3) is 0.800. The quantitative estimate of drug-likeness (QED) is 0.0426. The number of allylic oxidation sites excluding steroid dienone is 5. The van der Waals surface area contributed by atoms with Gasteiger partial charge in [-0.05, 0) is 51.4 Å². The highest BCUT2D eigenvalue weighted by Gasteiger charge is 2.24. The molecule has 0 aliphatic carbocycles. The van der Waals surface area contributed by atoms with Gasteiger partial charge in [0.2, 0.25) is 5.91 Å². The van der Waals surface area contributed by atoms with Crippen molar-refractivity contribution in [2.45, 2.75) is 174 Å². The maximum absolute atomic E-state index is 12.4. The molecule has 0 saturated heterocycles. The van der Waals surface area contributed by atoms with E-state index in [1.54, 1.807) is 6.08 Å². The van der Waals surface area contributed by atoms with Crippen LogP contribution in [-0.2, 0) is 14.9 Å². The lowest BCUT2D eigenvalue weighted by atomic mass is 10.1. The van der Waals surface area contributed by atoms with Crippen molar-refractivity contribution in [1.29, 1.82) is 0 Å². The van der Waals surface area contributed by atoms with E-state index in [1.165, 1.54) is 83.1 Å². The molecule has 0 radical (unpaired) electrons. The third-order valence-electron chi connectivity index (χ3n) is 7.52. The van der Waals surface area contributed by atoms with Crippen molar-refractivity contribution in [1.82, 2.24) is 5.32 Å². The second-order valence-corrected chi connectivity index (χ2v) is 13.3. The van der Waals surface area contributed by atoms with Crippen LogP contribution in [0.3, 0.4) is 0 Å². The smallest absolute Gasteiger partial charge is 0.267 e. The van der Waals surface area contributed by atoms with Crippen molar-refractivity contribution in [3.8, 4) is 0 Å². The summed E-state index contributed by atoms with van der Waals surface area (Å²) >= 11 is 0. The van der Waals surface area contributed by atoms with Crippen LogP contribution in [0.15, 0.2) is 36.5 Å². The van der Waals surface area contributed by atoms with E-state index in [1.807, 2.05) is 0 Å². The van der Waals surface area contributed by atoms with Crippen LogP contribution in [0.1, 0.15) is 162 Å². The number of aliphatic hydroxyl groups excluding tert-OH is 1. The van der Waals surface area contributed by atoms with Crippen LogP contribution < -0.4 is 5.32 Å². The van der Waals surface area contributed by atoms with Crippen molar-refractivity contribution in [2.75, 3.05) is 5.75 Å². The van der Waals surface area contributed by atoms with E-state index in [2.05, 4.69) is 43.5 Å². The molecule has 0 aliphatic heterocycles. The third kappa shape index (κ3) is 30.0. The van der Waals surface area contributed by atoms with Crippen LogP contribution in [0.5, 0.6) is 0 Å². The summed E-state index contributed by atoms with van der Waals surface area (Å²) in [5.41, 5.74) is 0. The molecule has 3 N–H and O–H groups in total. The van der Waals surface area contributed by atoms with E-state index in [0.29, 0.717) is 12.8 Å². The molecule has 0 heterocycles. The highest BCUT2D eigenvalue weighted by Crippen LogP contribution is 2.13. The maximum atomic E-state index is 12.4. The first-order chi connectivity index (χ1) is 20.3. The largest absolute Gasteiger partial charge is 0.387 e. The van der Waals surface area contributed by atoms with Crippen molar-refractivity contribution in [3.63, 3.8) is 0 Å². The van der Waals surface area contributed by atoms with Crippen LogP contribution in [0.2, 0.25) is 0 Å². The maximum Gasteiger partial charge on any atom is 0.267 e. The van der Waals surface area contributed by atoms with Gasteiger partial charge < -0.3 is 10.4 Å². The highest BCUT2D eigenvalue weighted by molar-refractivity contribution is 7.85. The number of amides is 1. The fourth-order valence-corrected chi connectivity index (χ4v) is 5.67. The molecule has 246 valence electrons. The van der Waals surface area contributed by atoms with Gasteiger partial charge in [-0.3, -0.25) is 9.35 Å². The third-order valence-corrected chi connectivity index (χ3v) is 8.30. The summed E-state index contributed by atoms with van der Waals surface area (Å²) in [6.07, 6.45) is 37.1. The van der Waals surface area contributed by atoms with E-state index in [-0.39, 0.29) is 12.3 Å². The molecular weight excluding hydrogens is 546 g/mol. The van der Waals surface area contributed by atoms with Gasteiger partial charge in [-0.1, -0.05) is 140 Å². The van der Waals surface area contributed by atoms with Gasteiger partial charge >= 0.3 is 0 Å². The number of hydrogen-bond donors (Lipinski definition) is 3. The molecule has 0 aliphatic rings. The molecular formula is C35H65NO5S. The number of carbonyl (C=O) groups is 1. The van der Waals surface area contributed by atoms with Gasteiger partial charge in [-0.2, -0.15) is 8.42 Å². The van der Waals surface area contributed by atoms with Crippen molar-refractivity contribution in [3.05, 3.63) is 36.5 Å². The molecule has 0 bridgehead atoms. The first-order valence-electron chi connectivity index (χ1n) is 17.2. The van der Waals surface area contributed by atoms with Gasteiger partial charge in [-0.15, -0.1) is 0 Å². The molecule has 2 unspecified atom stereocenters. The zero-order valence-electron chi connectivity index (χ0n) is 27.1. The van der Waals surface area contributed by atoms with Gasteiger partial charge in [0.05, 0.1) is 17.9 Å². The minimum absolute atomic E-state index is 0.277. The summed E-state index contributed by atoms with van der Waals surface area (Å²) in [6, 6.07) is -1.07. The van der Waals surface area contributed by atoms with Gasteiger partial charge in [0, 0.05) is 6.42 Å². The molecule has 0 aromatic heterocycles. The summed E-state index contributed by atoms with van der Waals surface area (Å²) in [7, 11) is -4.35. The van der Waals surface area contributed by atoms with Crippen LogP contribution >= 0.6 is 0 Å². The lowest BCUT2D eigenvalue weighted by Gasteiger charge is -2.21. The van der Waals surface area contributed by atoms with Crippen molar-refractivity contribution in [2.24, 2.45) is 0 Å². The second kappa shape index (κ2) is 29.6. The van der Waals surface area contributed by atoms with E-state index in [4.69, 9.17) is 0 Å². The Morgan fingerprint density at radius 3 is 1.60 bits per heavy atom. The second-order valence-electron chi connectivity index (χ2n) is 11.8. The average Bonchev–Trinajstić information content (AvgIpc) is 2.94. The Morgan fingerprint density at radius 1 is 0.619 bits per heavy atom. The number of aliphatic hydroxyl groups is 1.